The van der Waals surface area contributed by atoms with Crippen LogP contribution in [0.15, 0.2) is 0 Å². The van der Waals surface area contributed by atoms with Gasteiger partial charge in [0.25, 0.3) is 0 Å². The molecule has 68 valence electrons. The lowest BCUT2D eigenvalue weighted by Crippen LogP contribution is -2.53. The summed E-state index contributed by atoms with van der Waals surface area (Å²) in [6.07, 6.45) is 0. The predicted octanol–water partition coefficient (Wildman–Crippen LogP) is -0.721. The lowest BCUT2D eigenvalue weighted by Gasteiger charge is -2.36. The smallest absolute Gasteiger partial charge is 0.102 e. The molecule has 0 atom stereocenters. The van der Waals surface area contributed by atoms with Crippen molar-refractivity contribution in [3.05, 3.63) is 0 Å². The zero-order chi connectivity index (χ0) is 7.45. The molecule has 11 heavy (non-hydrogen) atoms. The zero-order valence-corrected chi connectivity index (χ0v) is 6.99. The molecule has 0 aromatic rings. The molecule has 0 aliphatic carbocycles. The summed E-state index contributed by atoms with van der Waals surface area (Å²) in [5.41, 5.74) is 0. The highest BCUT2D eigenvalue weighted by Crippen LogP contribution is 2.05. The summed E-state index contributed by atoms with van der Waals surface area (Å²) in [6, 6.07) is 0. The van der Waals surface area contributed by atoms with Gasteiger partial charge in [-0.05, 0) is 0 Å². The summed E-state index contributed by atoms with van der Waals surface area (Å²) < 4.78 is 6.18. The van der Waals surface area contributed by atoms with Gasteiger partial charge in [-0.2, -0.15) is 0 Å². The molecule has 1 heterocycles. The van der Waals surface area contributed by atoms with E-state index in [9.17, 15) is 0 Å². The third-order valence-corrected chi connectivity index (χ3v) is 2.19. The first kappa shape index (κ1) is 10.8. The molecular formula is C7H17NO3. The summed E-state index contributed by atoms with van der Waals surface area (Å²) in [7, 11) is 2.17. The Hall–Kier alpha value is -0.160. The van der Waals surface area contributed by atoms with Crippen molar-refractivity contribution >= 4 is 0 Å². The van der Waals surface area contributed by atoms with E-state index < -0.39 is 0 Å². The number of ether oxygens (including phenoxy) is 1. The fourth-order valence-electron chi connectivity index (χ4n) is 1.25. The van der Waals surface area contributed by atoms with Crippen molar-refractivity contribution in [2.24, 2.45) is 0 Å². The molecule has 0 aromatic carbocycles. The normalized spacial score (nSPS) is 22.4. The van der Waals surface area contributed by atoms with Gasteiger partial charge in [0.15, 0.2) is 0 Å². The molecule has 0 radical (unpaired) electrons. The second-order valence-corrected chi connectivity index (χ2v) is 3.13. The third kappa shape index (κ3) is 3.16. The fraction of sp³-hybridized carbons (Fsp3) is 1.00. The molecule has 0 spiro atoms. The molecule has 1 rings (SSSR count). The fourth-order valence-corrected chi connectivity index (χ4v) is 1.25. The van der Waals surface area contributed by atoms with Gasteiger partial charge in [-0.3, -0.25) is 0 Å². The Morgan fingerprint density at radius 3 is 2.36 bits per heavy atom. The zero-order valence-electron chi connectivity index (χ0n) is 6.99. The summed E-state index contributed by atoms with van der Waals surface area (Å²) in [4.78, 5) is 0. The van der Waals surface area contributed by atoms with Crippen LogP contribution in [0.1, 0.15) is 0 Å². The van der Waals surface area contributed by atoms with E-state index in [0.717, 1.165) is 37.3 Å². The van der Waals surface area contributed by atoms with E-state index in [-0.39, 0.29) is 12.1 Å². The topological polar surface area (TPSA) is 59.5 Å². The number of aliphatic hydroxyl groups excluding tert-OH is 1. The van der Waals surface area contributed by atoms with E-state index in [1.165, 1.54) is 0 Å². The molecule has 1 saturated heterocycles. The van der Waals surface area contributed by atoms with Gasteiger partial charge in [-0.15, -0.1) is 0 Å². The Morgan fingerprint density at radius 2 is 1.91 bits per heavy atom. The Labute approximate surface area is 67.3 Å². The van der Waals surface area contributed by atoms with Gasteiger partial charge in [0.1, 0.15) is 19.6 Å². The molecule has 0 bridgehead atoms. The molecule has 1 fully saturated rings. The van der Waals surface area contributed by atoms with Gasteiger partial charge in [0, 0.05) is 0 Å². The summed E-state index contributed by atoms with van der Waals surface area (Å²) >= 11 is 0. The van der Waals surface area contributed by atoms with Crippen LogP contribution >= 0.6 is 0 Å². The standard InChI is InChI=1S/C7H16NO2.H2O/c1-8(2-5-9)3-6-10-7-4-8;/h9H,2-7H2,1H3;1H2/q+1;/p-1. The second-order valence-electron chi connectivity index (χ2n) is 3.13. The van der Waals surface area contributed by atoms with Crippen LogP contribution in [0, 0.1) is 0 Å². The first-order valence-electron chi connectivity index (χ1n) is 3.79. The van der Waals surface area contributed by atoms with Crippen LogP contribution in [0.3, 0.4) is 0 Å². The molecule has 0 saturated carbocycles. The van der Waals surface area contributed by atoms with E-state index in [4.69, 9.17) is 9.84 Å². The van der Waals surface area contributed by atoms with Gasteiger partial charge in [-0.1, -0.05) is 0 Å². The van der Waals surface area contributed by atoms with Crippen LogP contribution in [0.2, 0.25) is 0 Å². The number of aliphatic hydroxyl groups is 1. The van der Waals surface area contributed by atoms with Crippen molar-refractivity contribution < 1.29 is 19.8 Å². The predicted molar refractivity (Wildman–Crippen MR) is 40.6 cm³/mol. The van der Waals surface area contributed by atoms with Gasteiger partial charge < -0.3 is 19.8 Å². The highest BCUT2D eigenvalue weighted by Gasteiger charge is 2.23. The number of hydrogen-bond donors (Lipinski definition) is 1. The first-order chi connectivity index (χ1) is 4.77. The van der Waals surface area contributed by atoms with E-state index in [2.05, 4.69) is 7.05 Å². The Kier molecular flexibility index (Phi) is 4.60. The van der Waals surface area contributed by atoms with Crippen LogP contribution in [0.25, 0.3) is 0 Å². The molecule has 2 N–H and O–H groups in total. The summed E-state index contributed by atoms with van der Waals surface area (Å²) in [6.45, 7) is 4.92. The Bertz CT molecular complexity index is 96.3. The number of hydrogen-bond acceptors (Lipinski definition) is 3. The number of rotatable bonds is 2. The third-order valence-electron chi connectivity index (χ3n) is 2.19. The van der Waals surface area contributed by atoms with Gasteiger partial charge in [0.2, 0.25) is 0 Å². The first-order valence-corrected chi connectivity index (χ1v) is 3.79. The van der Waals surface area contributed by atoms with Crippen molar-refractivity contribution in [1.29, 1.82) is 0 Å². The molecule has 1 aliphatic heterocycles. The quantitative estimate of drug-likeness (QED) is 0.546. The number of morpholine rings is 1. The van der Waals surface area contributed by atoms with Crippen molar-refractivity contribution in [1.82, 2.24) is 0 Å². The average molecular weight is 163 g/mol. The minimum atomic E-state index is 0. The summed E-state index contributed by atoms with van der Waals surface area (Å²) in [5, 5.41) is 8.73. The second kappa shape index (κ2) is 4.66. The molecule has 0 amide bonds. The molecule has 4 nitrogen and oxygen atoms in total. The van der Waals surface area contributed by atoms with Crippen molar-refractivity contribution in [3.8, 4) is 0 Å². The molecular weight excluding hydrogens is 146 g/mol. The molecule has 0 aromatic heterocycles. The largest absolute Gasteiger partial charge is 0.870 e. The number of nitrogens with zero attached hydrogens (tertiary/aromatic N) is 1. The van der Waals surface area contributed by atoms with Crippen LogP contribution in [0.4, 0.5) is 0 Å². The SMILES string of the molecule is C[N+]1(CCO)CCOCC1.[OH-]. The maximum atomic E-state index is 8.73. The van der Waals surface area contributed by atoms with Crippen LogP contribution in [-0.4, -0.2) is 61.6 Å². The van der Waals surface area contributed by atoms with Crippen molar-refractivity contribution in [2.45, 2.75) is 0 Å². The lowest BCUT2D eigenvalue weighted by molar-refractivity contribution is -0.917. The van der Waals surface area contributed by atoms with E-state index in [0.29, 0.717) is 0 Å². The van der Waals surface area contributed by atoms with E-state index in [1.807, 2.05) is 0 Å². The van der Waals surface area contributed by atoms with Gasteiger partial charge in [-0.25, -0.2) is 0 Å². The monoisotopic (exact) mass is 163 g/mol. The van der Waals surface area contributed by atoms with Gasteiger partial charge in [0.05, 0.1) is 26.9 Å². The maximum absolute atomic E-state index is 8.73. The molecule has 4 heteroatoms. The summed E-state index contributed by atoms with van der Waals surface area (Å²) in [5.74, 6) is 0. The van der Waals surface area contributed by atoms with Crippen molar-refractivity contribution in [3.63, 3.8) is 0 Å². The highest BCUT2D eigenvalue weighted by molar-refractivity contribution is 4.45. The minimum absolute atomic E-state index is 0. The van der Waals surface area contributed by atoms with Crippen molar-refractivity contribution in [2.75, 3.05) is 46.5 Å². The minimum Gasteiger partial charge on any atom is -0.870 e. The number of likely N-dealkylation sites (N-methyl/N-ethyl adjacent to an activating group) is 1. The lowest BCUT2D eigenvalue weighted by atomic mass is 10.3. The highest BCUT2D eigenvalue weighted by atomic mass is 16.5. The average Bonchev–Trinajstić information content (AvgIpc) is 1.89. The molecule has 1 aliphatic rings. The molecule has 0 unspecified atom stereocenters. The maximum Gasteiger partial charge on any atom is 0.102 e. The van der Waals surface area contributed by atoms with Crippen LogP contribution < -0.4 is 0 Å². The van der Waals surface area contributed by atoms with Crippen LogP contribution in [-0.2, 0) is 4.74 Å². The van der Waals surface area contributed by atoms with Crippen LogP contribution in [0.5, 0.6) is 0 Å². The Morgan fingerprint density at radius 1 is 1.36 bits per heavy atom. The van der Waals surface area contributed by atoms with E-state index in [1.54, 1.807) is 0 Å². The number of quaternary nitrogens is 1. The Balaban J connectivity index is 0.000001000. The van der Waals surface area contributed by atoms with Gasteiger partial charge >= 0.3 is 0 Å². The van der Waals surface area contributed by atoms with E-state index >= 15 is 0 Å².